The molecule has 1 atom stereocenters. The number of esters is 1. The molecule has 0 aromatic carbocycles. The third kappa shape index (κ3) is 3.88. The van der Waals surface area contributed by atoms with E-state index in [0.29, 0.717) is 30.5 Å². The summed E-state index contributed by atoms with van der Waals surface area (Å²) in [4.78, 5) is 15.4. The van der Waals surface area contributed by atoms with E-state index in [2.05, 4.69) is 10.00 Å². The van der Waals surface area contributed by atoms with Crippen LogP contribution in [0.1, 0.15) is 19.8 Å². The van der Waals surface area contributed by atoms with Crippen molar-refractivity contribution in [2.75, 3.05) is 19.7 Å². The van der Waals surface area contributed by atoms with Crippen LogP contribution in [0.2, 0.25) is 0 Å². The summed E-state index contributed by atoms with van der Waals surface area (Å²) in [7, 11) is 0. The Balaban J connectivity index is 1.67. The van der Waals surface area contributed by atoms with Crippen molar-refractivity contribution in [2.24, 2.45) is 5.92 Å². The van der Waals surface area contributed by atoms with Crippen molar-refractivity contribution in [1.29, 1.82) is 0 Å². The van der Waals surface area contributed by atoms with Gasteiger partial charge < -0.3 is 9.15 Å². The molecular formula is C15H19N3O3S2. The molecule has 6 nitrogen and oxygen atoms in total. The molecule has 2 aromatic rings. The average Bonchev–Trinajstić information content (AvgIpc) is 3.18. The quantitative estimate of drug-likeness (QED) is 0.608. The lowest BCUT2D eigenvalue weighted by Gasteiger charge is -2.30. The van der Waals surface area contributed by atoms with Crippen molar-refractivity contribution in [3.05, 3.63) is 22.4 Å². The Morgan fingerprint density at radius 2 is 2.48 bits per heavy atom. The van der Waals surface area contributed by atoms with E-state index in [0.717, 1.165) is 24.3 Å². The number of carbonyl (C=O) groups excluding carboxylic acids is 1. The molecule has 2 aromatic heterocycles. The van der Waals surface area contributed by atoms with Gasteiger partial charge in [-0.25, -0.2) is 4.68 Å². The molecule has 8 heteroatoms. The number of thiophene rings is 1. The van der Waals surface area contributed by atoms with Crippen molar-refractivity contribution in [3.8, 4) is 10.8 Å². The molecule has 23 heavy (non-hydrogen) atoms. The number of carbonyl (C=O) groups is 1. The molecule has 0 saturated carbocycles. The Morgan fingerprint density at radius 1 is 1.61 bits per heavy atom. The lowest BCUT2D eigenvalue weighted by molar-refractivity contribution is -0.150. The average molecular weight is 353 g/mol. The minimum absolute atomic E-state index is 0.0680. The molecule has 0 bridgehead atoms. The second-order valence-corrected chi connectivity index (χ2v) is 6.76. The number of aromatic nitrogens is 2. The van der Waals surface area contributed by atoms with Crippen LogP contribution in [0.3, 0.4) is 0 Å². The van der Waals surface area contributed by atoms with Gasteiger partial charge in [-0.3, -0.25) is 9.69 Å². The summed E-state index contributed by atoms with van der Waals surface area (Å²) in [5.41, 5.74) is 0. The molecule has 0 unspecified atom stereocenters. The van der Waals surface area contributed by atoms with E-state index in [1.165, 1.54) is 0 Å². The highest BCUT2D eigenvalue weighted by Crippen LogP contribution is 2.24. The van der Waals surface area contributed by atoms with E-state index in [-0.39, 0.29) is 11.9 Å². The number of rotatable bonds is 5. The third-order valence-electron chi connectivity index (χ3n) is 3.80. The fraction of sp³-hybridized carbons (Fsp3) is 0.533. The van der Waals surface area contributed by atoms with Crippen molar-refractivity contribution in [3.63, 3.8) is 0 Å². The molecule has 0 amide bonds. The topological polar surface area (TPSA) is 60.5 Å². The van der Waals surface area contributed by atoms with Gasteiger partial charge in [0.2, 0.25) is 0 Å². The standard InChI is InChI=1S/C15H19N3O3S2/c1-2-20-14(19)11-5-3-7-17(9-11)10-18-15(22)21-13(16-18)12-6-4-8-23-12/h4,6,8,11H,2-3,5,7,9-10H2,1H3/t11-/m0/s1. The van der Waals surface area contributed by atoms with Crippen LogP contribution in [0.15, 0.2) is 21.9 Å². The summed E-state index contributed by atoms with van der Waals surface area (Å²) in [5.74, 6) is 0.366. The van der Waals surface area contributed by atoms with Crippen molar-refractivity contribution in [2.45, 2.75) is 26.4 Å². The van der Waals surface area contributed by atoms with E-state index in [4.69, 9.17) is 21.4 Å². The maximum atomic E-state index is 11.9. The SMILES string of the molecule is CCOC(=O)[C@H]1CCCN(Cn2nc(-c3cccs3)oc2=S)C1. The second kappa shape index (κ2) is 7.37. The molecule has 124 valence electrons. The van der Waals surface area contributed by atoms with Crippen LogP contribution in [0, 0.1) is 10.8 Å². The Kier molecular flexibility index (Phi) is 5.24. The predicted molar refractivity (Wildman–Crippen MR) is 89.6 cm³/mol. The maximum Gasteiger partial charge on any atom is 0.310 e. The normalized spacial score (nSPS) is 18.9. The second-order valence-electron chi connectivity index (χ2n) is 5.46. The number of piperidine rings is 1. The monoisotopic (exact) mass is 353 g/mol. The number of hydrogen-bond acceptors (Lipinski definition) is 7. The van der Waals surface area contributed by atoms with E-state index in [9.17, 15) is 4.79 Å². The number of hydrogen-bond donors (Lipinski definition) is 0. The van der Waals surface area contributed by atoms with Gasteiger partial charge in [-0.05, 0) is 50.0 Å². The fourth-order valence-corrected chi connectivity index (χ4v) is 3.54. The zero-order chi connectivity index (χ0) is 16.2. The van der Waals surface area contributed by atoms with Crippen LogP contribution >= 0.6 is 23.6 Å². The largest absolute Gasteiger partial charge is 0.466 e. The van der Waals surface area contributed by atoms with Crippen LogP contribution < -0.4 is 0 Å². The third-order valence-corrected chi connectivity index (χ3v) is 4.95. The summed E-state index contributed by atoms with van der Waals surface area (Å²) in [6, 6.07) is 3.90. The molecule has 3 heterocycles. The minimum Gasteiger partial charge on any atom is -0.466 e. The number of nitrogens with zero attached hydrogens (tertiary/aromatic N) is 3. The van der Waals surface area contributed by atoms with Gasteiger partial charge in [0.05, 0.1) is 24.1 Å². The van der Waals surface area contributed by atoms with Crippen LogP contribution in [0.4, 0.5) is 0 Å². The zero-order valence-electron chi connectivity index (χ0n) is 12.9. The zero-order valence-corrected chi connectivity index (χ0v) is 14.6. The van der Waals surface area contributed by atoms with Crippen LogP contribution in [0.5, 0.6) is 0 Å². The van der Waals surface area contributed by atoms with Gasteiger partial charge >= 0.3 is 5.97 Å². The molecule has 1 aliphatic heterocycles. The van der Waals surface area contributed by atoms with Gasteiger partial charge in [0, 0.05) is 6.54 Å². The Labute approximate surface area is 143 Å². The summed E-state index contributed by atoms with van der Waals surface area (Å²) >= 11 is 6.82. The smallest absolute Gasteiger partial charge is 0.310 e. The predicted octanol–water partition coefficient (Wildman–Crippen LogP) is 3.17. The molecule has 3 rings (SSSR count). The van der Waals surface area contributed by atoms with Crippen molar-refractivity contribution in [1.82, 2.24) is 14.7 Å². The van der Waals surface area contributed by atoms with Crippen molar-refractivity contribution < 1.29 is 13.9 Å². The molecule has 0 spiro atoms. The maximum absolute atomic E-state index is 11.9. The number of ether oxygens (including phenoxy) is 1. The minimum atomic E-state index is -0.111. The highest BCUT2D eigenvalue weighted by atomic mass is 32.1. The van der Waals surface area contributed by atoms with Gasteiger partial charge in [-0.1, -0.05) is 6.07 Å². The summed E-state index contributed by atoms with van der Waals surface area (Å²) < 4.78 is 12.4. The molecule has 1 fully saturated rings. The molecule has 0 radical (unpaired) electrons. The first-order chi connectivity index (χ1) is 11.2. The van der Waals surface area contributed by atoms with Gasteiger partial charge in [-0.2, -0.15) is 0 Å². The molecule has 1 aliphatic rings. The van der Waals surface area contributed by atoms with E-state index < -0.39 is 0 Å². The van der Waals surface area contributed by atoms with Crippen LogP contribution in [-0.2, 0) is 16.2 Å². The van der Waals surface area contributed by atoms with Crippen LogP contribution in [-0.4, -0.2) is 40.3 Å². The Morgan fingerprint density at radius 3 is 3.22 bits per heavy atom. The summed E-state index contributed by atoms with van der Waals surface area (Å²) in [6.07, 6.45) is 1.84. The molecule has 1 saturated heterocycles. The number of likely N-dealkylation sites (tertiary alicyclic amines) is 1. The summed E-state index contributed by atoms with van der Waals surface area (Å²) in [6.45, 7) is 4.37. The molecular weight excluding hydrogens is 334 g/mol. The highest BCUT2D eigenvalue weighted by molar-refractivity contribution is 7.71. The van der Waals surface area contributed by atoms with E-state index in [1.807, 2.05) is 24.4 Å². The first-order valence-electron chi connectivity index (χ1n) is 7.68. The van der Waals surface area contributed by atoms with Gasteiger partial charge in [0.25, 0.3) is 10.7 Å². The van der Waals surface area contributed by atoms with Gasteiger partial charge in [-0.15, -0.1) is 16.4 Å². The highest BCUT2D eigenvalue weighted by Gasteiger charge is 2.27. The fourth-order valence-electron chi connectivity index (χ4n) is 2.72. The first kappa shape index (κ1) is 16.4. The van der Waals surface area contributed by atoms with E-state index in [1.54, 1.807) is 16.0 Å². The Hall–Kier alpha value is -1.51. The van der Waals surface area contributed by atoms with E-state index >= 15 is 0 Å². The lowest BCUT2D eigenvalue weighted by atomic mass is 9.99. The van der Waals surface area contributed by atoms with Gasteiger partial charge in [0.1, 0.15) is 0 Å². The van der Waals surface area contributed by atoms with Gasteiger partial charge in [0.15, 0.2) is 0 Å². The molecule has 0 N–H and O–H groups in total. The molecule has 0 aliphatic carbocycles. The van der Waals surface area contributed by atoms with Crippen LogP contribution in [0.25, 0.3) is 10.8 Å². The first-order valence-corrected chi connectivity index (χ1v) is 8.97. The summed E-state index contributed by atoms with van der Waals surface area (Å²) in [5, 5.41) is 6.42. The Bertz CT molecular complexity index is 708. The lowest BCUT2D eigenvalue weighted by Crippen LogP contribution is -2.40. The van der Waals surface area contributed by atoms with Crippen molar-refractivity contribution >= 4 is 29.5 Å².